The molecule has 0 fully saturated rings. The third kappa shape index (κ3) is 1.07. The zero-order valence-electron chi connectivity index (χ0n) is 5.62. The van der Waals surface area contributed by atoms with Crippen LogP contribution < -0.4 is 0 Å². The van der Waals surface area contributed by atoms with Gasteiger partial charge >= 0.3 is 0 Å². The van der Waals surface area contributed by atoms with Gasteiger partial charge in [0.15, 0.2) is 0 Å². The van der Waals surface area contributed by atoms with Gasteiger partial charge in [-0.25, -0.2) is 9.97 Å². The van der Waals surface area contributed by atoms with Crippen molar-refractivity contribution in [1.29, 1.82) is 0 Å². The van der Waals surface area contributed by atoms with Gasteiger partial charge in [-0.2, -0.15) is 0 Å². The summed E-state index contributed by atoms with van der Waals surface area (Å²) in [6.07, 6.45) is 6.32. The Hall–Kier alpha value is -1.78. The fourth-order valence-corrected chi connectivity index (χ4v) is 0.755. The van der Waals surface area contributed by atoms with Crippen LogP contribution in [0.1, 0.15) is 0 Å². The van der Waals surface area contributed by atoms with Gasteiger partial charge in [-0.3, -0.25) is 4.57 Å². The molecule has 0 unspecified atom stereocenters. The van der Waals surface area contributed by atoms with Crippen molar-refractivity contribution in [2.24, 2.45) is 0 Å². The first-order valence-corrected chi connectivity index (χ1v) is 3.08. The smallest absolute Gasteiger partial charge is 0.142 e. The lowest BCUT2D eigenvalue weighted by molar-refractivity contribution is 0.968. The second-order valence-corrected chi connectivity index (χ2v) is 1.94. The Morgan fingerprint density at radius 2 is 2.00 bits per heavy atom. The SMILES string of the molecule is c1cc(-n2cnnc2)ncn1. The lowest BCUT2D eigenvalue weighted by Gasteiger charge is -1.95. The predicted molar refractivity (Wildman–Crippen MR) is 36.9 cm³/mol. The Balaban J connectivity index is 2.46. The highest BCUT2D eigenvalue weighted by molar-refractivity contribution is 5.16. The van der Waals surface area contributed by atoms with Gasteiger partial charge in [-0.05, 0) is 6.07 Å². The van der Waals surface area contributed by atoms with E-state index in [1.54, 1.807) is 29.5 Å². The highest BCUT2D eigenvalue weighted by atomic mass is 15.2. The minimum atomic E-state index is 0.769. The van der Waals surface area contributed by atoms with Gasteiger partial charge in [0.25, 0.3) is 0 Å². The maximum absolute atomic E-state index is 3.99. The van der Waals surface area contributed by atoms with E-state index < -0.39 is 0 Å². The first kappa shape index (κ1) is 5.96. The van der Waals surface area contributed by atoms with E-state index in [-0.39, 0.29) is 0 Å². The third-order valence-corrected chi connectivity index (χ3v) is 1.25. The van der Waals surface area contributed by atoms with Crippen molar-refractivity contribution in [3.05, 3.63) is 31.2 Å². The number of hydrogen-bond acceptors (Lipinski definition) is 4. The molecule has 0 radical (unpaired) electrons. The van der Waals surface area contributed by atoms with Crippen LogP contribution in [-0.4, -0.2) is 24.7 Å². The standard InChI is InChI=1S/C6H5N5/c1-2-7-3-8-6(1)11-4-9-10-5-11/h1-5H. The molecule has 0 aliphatic carbocycles. The van der Waals surface area contributed by atoms with Crippen molar-refractivity contribution in [1.82, 2.24) is 24.7 Å². The molecule has 11 heavy (non-hydrogen) atoms. The molecule has 0 atom stereocenters. The molecule has 54 valence electrons. The molecule has 0 saturated carbocycles. The highest BCUT2D eigenvalue weighted by Gasteiger charge is 1.93. The minimum Gasteiger partial charge on any atom is -0.272 e. The average Bonchev–Trinajstić information content (AvgIpc) is 2.58. The Morgan fingerprint density at radius 3 is 2.64 bits per heavy atom. The van der Waals surface area contributed by atoms with Gasteiger partial charge in [0.1, 0.15) is 24.8 Å². The molecular weight excluding hydrogens is 142 g/mol. The largest absolute Gasteiger partial charge is 0.272 e. The molecular formula is C6H5N5. The summed E-state index contributed by atoms with van der Waals surface area (Å²) in [7, 11) is 0. The van der Waals surface area contributed by atoms with Crippen molar-refractivity contribution in [3.63, 3.8) is 0 Å². The normalized spacial score (nSPS) is 9.82. The molecule has 0 bridgehead atoms. The Labute approximate surface area is 62.8 Å². The minimum absolute atomic E-state index is 0.769. The zero-order valence-corrected chi connectivity index (χ0v) is 5.62. The average molecular weight is 147 g/mol. The summed E-state index contributed by atoms with van der Waals surface area (Å²) in [4.78, 5) is 7.78. The lowest BCUT2D eigenvalue weighted by Crippen LogP contribution is -1.93. The molecule has 5 heteroatoms. The zero-order chi connectivity index (χ0) is 7.52. The molecule has 2 aromatic rings. The van der Waals surface area contributed by atoms with Crippen LogP contribution in [0.25, 0.3) is 5.82 Å². The van der Waals surface area contributed by atoms with Crippen LogP contribution in [0.5, 0.6) is 0 Å². The van der Waals surface area contributed by atoms with Crippen LogP contribution in [0.4, 0.5) is 0 Å². The summed E-state index contributed by atoms with van der Waals surface area (Å²) in [5.41, 5.74) is 0. The molecule has 5 nitrogen and oxygen atoms in total. The van der Waals surface area contributed by atoms with Gasteiger partial charge in [0.05, 0.1) is 0 Å². The monoisotopic (exact) mass is 147 g/mol. The third-order valence-electron chi connectivity index (χ3n) is 1.25. The molecule has 2 aromatic heterocycles. The number of nitrogens with zero attached hydrogens (tertiary/aromatic N) is 5. The lowest BCUT2D eigenvalue weighted by atomic mass is 10.6. The first-order chi connectivity index (χ1) is 5.47. The van der Waals surface area contributed by atoms with E-state index >= 15 is 0 Å². The van der Waals surface area contributed by atoms with E-state index in [0.717, 1.165) is 5.82 Å². The molecule has 0 aliphatic rings. The highest BCUT2D eigenvalue weighted by Crippen LogP contribution is 1.96. The maximum Gasteiger partial charge on any atom is 0.142 e. The van der Waals surface area contributed by atoms with Gasteiger partial charge in [-0.1, -0.05) is 0 Å². The predicted octanol–water partition coefficient (Wildman–Crippen LogP) is 0.0573. The molecule has 0 N–H and O–H groups in total. The van der Waals surface area contributed by atoms with E-state index in [1.165, 1.54) is 6.33 Å². The molecule has 2 heterocycles. The molecule has 0 aromatic carbocycles. The second kappa shape index (κ2) is 2.45. The van der Waals surface area contributed by atoms with Gasteiger partial charge < -0.3 is 0 Å². The summed E-state index contributed by atoms with van der Waals surface area (Å²) in [6.45, 7) is 0. The maximum atomic E-state index is 3.99. The fourth-order valence-electron chi connectivity index (χ4n) is 0.755. The van der Waals surface area contributed by atoms with Crippen molar-refractivity contribution in [2.75, 3.05) is 0 Å². The Bertz CT molecular complexity index is 314. The van der Waals surface area contributed by atoms with Gasteiger partial charge in [-0.15, -0.1) is 10.2 Å². The van der Waals surface area contributed by atoms with Crippen LogP contribution in [0.15, 0.2) is 31.2 Å². The Kier molecular flexibility index (Phi) is 1.33. The number of hydrogen-bond donors (Lipinski definition) is 0. The molecule has 0 spiro atoms. The quantitative estimate of drug-likeness (QED) is 0.572. The molecule has 0 aliphatic heterocycles. The van der Waals surface area contributed by atoms with Crippen molar-refractivity contribution < 1.29 is 0 Å². The van der Waals surface area contributed by atoms with E-state index in [4.69, 9.17) is 0 Å². The summed E-state index contributed by atoms with van der Waals surface area (Å²) in [5.74, 6) is 0.769. The van der Waals surface area contributed by atoms with Crippen LogP contribution in [0.2, 0.25) is 0 Å². The van der Waals surface area contributed by atoms with Crippen molar-refractivity contribution in [3.8, 4) is 5.82 Å². The van der Waals surface area contributed by atoms with E-state index in [1.807, 2.05) is 0 Å². The molecule has 2 rings (SSSR count). The van der Waals surface area contributed by atoms with Crippen LogP contribution >= 0.6 is 0 Å². The van der Waals surface area contributed by atoms with Crippen molar-refractivity contribution in [2.45, 2.75) is 0 Å². The fraction of sp³-hybridized carbons (Fsp3) is 0. The van der Waals surface area contributed by atoms with Gasteiger partial charge in [0.2, 0.25) is 0 Å². The summed E-state index contributed by atoms with van der Waals surface area (Å²) >= 11 is 0. The van der Waals surface area contributed by atoms with Crippen molar-refractivity contribution >= 4 is 0 Å². The molecule has 0 amide bonds. The van der Waals surface area contributed by atoms with E-state index in [2.05, 4.69) is 20.2 Å². The molecule has 0 saturated heterocycles. The first-order valence-electron chi connectivity index (χ1n) is 3.08. The van der Waals surface area contributed by atoms with Crippen LogP contribution in [0.3, 0.4) is 0 Å². The summed E-state index contributed by atoms with van der Waals surface area (Å²) in [5, 5.41) is 7.30. The van der Waals surface area contributed by atoms with E-state index in [0.29, 0.717) is 0 Å². The number of aromatic nitrogens is 5. The van der Waals surface area contributed by atoms with Crippen LogP contribution in [-0.2, 0) is 0 Å². The summed E-state index contributed by atoms with van der Waals surface area (Å²) < 4.78 is 1.71. The Morgan fingerprint density at radius 1 is 1.18 bits per heavy atom. The summed E-state index contributed by atoms with van der Waals surface area (Å²) in [6, 6.07) is 1.78. The van der Waals surface area contributed by atoms with Crippen LogP contribution in [0, 0.1) is 0 Å². The van der Waals surface area contributed by atoms with E-state index in [9.17, 15) is 0 Å². The van der Waals surface area contributed by atoms with Gasteiger partial charge in [0, 0.05) is 6.20 Å². The topological polar surface area (TPSA) is 56.5 Å². The second-order valence-electron chi connectivity index (χ2n) is 1.94. The number of rotatable bonds is 1.